The average molecular weight is 273 g/mol. The Balaban J connectivity index is 2.95. The Labute approximate surface area is 106 Å². The molecule has 2 N–H and O–H groups in total. The summed E-state index contributed by atoms with van der Waals surface area (Å²) < 4.78 is 25.6. The normalized spacial score (nSPS) is 13.1. The van der Waals surface area contributed by atoms with Crippen molar-refractivity contribution in [1.82, 2.24) is 9.71 Å². The highest BCUT2D eigenvalue weighted by Gasteiger charge is 2.21. The fraction of sp³-hybridized carbons (Fsp3) is 0.400. The first kappa shape index (κ1) is 14.4. The Hall–Kier alpha value is -1.67. The molecule has 0 aliphatic carbocycles. The van der Waals surface area contributed by atoms with Crippen LogP contribution in [-0.2, 0) is 14.8 Å². The van der Waals surface area contributed by atoms with Crippen LogP contribution < -0.4 is 9.62 Å². The van der Waals surface area contributed by atoms with Gasteiger partial charge in [0, 0.05) is 20.3 Å². The van der Waals surface area contributed by atoms with E-state index >= 15 is 0 Å². The van der Waals surface area contributed by atoms with Gasteiger partial charge in [0.25, 0.3) is 0 Å². The minimum atomic E-state index is -3.86. The predicted octanol–water partition coefficient (Wildman–Crippen LogP) is -0.101. The van der Waals surface area contributed by atoms with E-state index < -0.39 is 22.0 Å². The monoisotopic (exact) mass is 273 g/mol. The average Bonchev–Trinajstić information content (AvgIpc) is 2.28. The number of anilines is 1. The molecule has 0 aliphatic rings. The number of nitrogens with zero attached hydrogens (tertiary/aromatic N) is 2. The molecular weight excluding hydrogens is 258 g/mol. The van der Waals surface area contributed by atoms with Crippen LogP contribution in [0, 0.1) is 0 Å². The first-order valence-corrected chi connectivity index (χ1v) is 6.61. The van der Waals surface area contributed by atoms with Gasteiger partial charge < -0.3 is 10.0 Å². The number of nitrogens with one attached hydrogen (secondary N) is 1. The summed E-state index contributed by atoms with van der Waals surface area (Å²) in [6, 6.07) is 1.72. The molecule has 1 unspecified atom stereocenters. The number of rotatable bonds is 5. The Morgan fingerprint density at radius 1 is 1.44 bits per heavy atom. The molecule has 18 heavy (non-hydrogen) atoms. The second-order valence-corrected chi connectivity index (χ2v) is 5.64. The van der Waals surface area contributed by atoms with E-state index in [2.05, 4.69) is 4.98 Å². The molecule has 1 rings (SSSR count). The lowest BCUT2D eigenvalue weighted by molar-refractivity contribution is -0.138. The van der Waals surface area contributed by atoms with Crippen LogP contribution in [0.1, 0.15) is 6.92 Å². The van der Waals surface area contributed by atoms with Crippen molar-refractivity contribution < 1.29 is 18.3 Å². The fourth-order valence-electron chi connectivity index (χ4n) is 1.15. The zero-order valence-electron chi connectivity index (χ0n) is 10.3. The van der Waals surface area contributed by atoms with Gasteiger partial charge in [-0.15, -0.1) is 0 Å². The van der Waals surface area contributed by atoms with Crippen molar-refractivity contribution in [2.24, 2.45) is 0 Å². The zero-order chi connectivity index (χ0) is 13.9. The predicted molar refractivity (Wildman–Crippen MR) is 66.0 cm³/mol. The second-order valence-electron chi connectivity index (χ2n) is 3.93. The maximum absolute atomic E-state index is 11.8. The molecule has 0 saturated carbocycles. The number of pyridine rings is 1. The number of aromatic nitrogens is 1. The van der Waals surface area contributed by atoms with Crippen molar-refractivity contribution >= 4 is 21.8 Å². The smallest absolute Gasteiger partial charge is 0.321 e. The van der Waals surface area contributed by atoms with Gasteiger partial charge in [0.2, 0.25) is 10.0 Å². The molecule has 0 fully saturated rings. The maximum Gasteiger partial charge on any atom is 0.321 e. The molecule has 0 aromatic carbocycles. The summed E-state index contributed by atoms with van der Waals surface area (Å²) >= 11 is 0. The van der Waals surface area contributed by atoms with E-state index in [1.165, 1.54) is 19.2 Å². The third kappa shape index (κ3) is 3.41. The van der Waals surface area contributed by atoms with Gasteiger partial charge in [-0.05, 0) is 19.1 Å². The highest BCUT2D eigenvalue weighted by molar-refractivity contribution is 7.89. The zero-order valence-corrected chi connectivity index (χ0v) is 11.1. The Kier molecular flexibility index (Phi) is 4.25. The van der Waals surface area contributed by atoms with Crippen molar-refractivity contribution in [3.05, 3.63) is 18.3 Å². The van der Waals surface area contributed by atoms with Gasteiger partial charge in [-0.3, -0.25) is 4.79 Å². The number of hydrogen-bond acceptors (Lipinski definition) is 5. The van der Waals surface area contributed by atoms with Crippen molar-refractivity contribution in [2.75, 3.05) is 19.0 Å². The largest absolute Gasteiger partial charge is 0.480 e. The van der Waals surface area contributed by atoms with Gasteiger partial charge in [-0.2, -0.15) is 4.72 Å². The van der Waals surface area contributed by atoms with Gasteiger partial charge in [0.1, 0.15) is 16.8 Å². The Bertz CT molecular complexity index is 525. The van der Waals surface area contributed by atoms with Crippen LogP contribution in [0.25, 0.3) is 0 Å². The van der Waals surface area contributed by atoms with E-state index in [4.69, 9.17) is 5.11 Å². The summed E-state index contributed by atoms with van der Waals surface area (Å²) in [7, 11) is -0.301. The Morgan fingerprint density at radius 3 is 2.44 bits per heavy atom. The molecule has 0 saturated heterocycles. The number of sulfonamides is 1. The molecule has 0 spiro atoms. The summed E-state index contributed by atoms with van der Waals surface area (Å²) in [6.07, 6.45) is 1.19. The van der Waals surface area contributed by atoms with Crippen LogP contribution in [0.2, 0.25) is 0 Å². The number of aliphatic carboxylic acids is 1. The van der Waals surface area contributed by atoms with E-state index in [-0.39, 0.29) is 4.90 Å². The highest BCUT2D eigenvalue weighted by Crippen LogP contribution is 2.12. The maximum atomic E-state index is 11.8. The lowest BCUT2D eigenvalue weighted by Gasteiger charge is -2.13. The van der Waals surface area contributed by atoms with Crippen LogP contribution in [0.3, 0.4) is 0 Å². The molecule has 7 nitrogen and oxygen atoms in total. The summed E-state index contributed by atoms with van der Waals surface area (Å²) in [6.45, 7) is 1.25. The molecule has 8 heteroatoms. The summed E-state index contributed by atoms with van der Waals surface area (Å²) in [5, 5.41) is 8.66. The molecule has 1 heterocycles. The van der Waals surface area contributed by atoms with Crippen LogP contribution >= 0.6 is 0 Å². The van der Waals surface area contributed by atoms with Crippen LogP contribution in [0.5, 0.6) is 0 Å². The van der Waals surface area contributed by atoms with Crippen LogP contribution in [0.15, 0.2) is 23.2 Å². The van der Waals surface area contributed by atoms with Crippen molar-refractivity contribution in [3.63, 3.8) is 0 Å². The fourth-order valence-corrected chi connectivity index (χ4v) is 2.29. The first-order valence-electron chi connectivity index (χ1n) is 5.12. The molecule has 1 atom stereocenters. The highest BCUT2D eigenvalue weighted by atomic mass is 32.2. The lowest BCUT2D eigenvalue weighted by atomic mass is 10.4. The molecule has 0 aliphatic heterocycles. The SMILES string of the molecule is CC(NS(=O)(=O)c1ccc(N(C)C)nc1)C(=O)O. The van der Waals surface area contributed by atoms with Gasteiger partial charge in [0.05, 0.1) is 0 Å². The molecule has 0 bridgehead atoms. The number of hydrogen-bond donors (Lipinski definition) is 2. The molecule has 1 aromatic rings. The number of carboxylic acid groups (broad SMARTS) is 1. The van der Waals surface area contributed by atoms with Crippen LogP contribution in [0.4, 0.5) is 5.82 Å². The molecule has 0 amide bonds. The third-order valence-electron chi connectivity index (χ3n) is 2.19. The van der Waals surface area contributed by atoms with Gasteiger partial charge in [0.15, 0.2) is 0 Å². The second kappa shape index (κ2) is 5.32. The first-order chi connectivity index (χ1) is 8.24. The third-order valence-corrected chi connectivity index (χ3v) is 3.72. The van der Waals surface area contributed by atoms with Crippen molar-refractivity contribution in [2.45, 2.75) is 17.9 Å². The summed E-state index contributed by atoms with van der Waals surface area (Å²) in [5.74, 6) is -0.628. The molecule has 1 aromatic heterocycles. The van der Waals surface area contributed by atoms with Crippen molar-refractivity contribution in [3.8, 4) is 0 Å². The Morgan fingerprint density at radius 2 is 2.06 bits per heavy atom. The number of carbonyl (C=O) groups is 1. The van der Waals surface area contributed by atoms with E-state index in [9.17, 15) is 13.2 Å². The van der Waals surface area contributed by atoms with Crippen LogP contribution in [-0.4, -0.2) is 44.6 Å². The van der Waals surface area contributed by atoms with Gasteiger partial charge in [-0.25, -0.2) is 13.4 Å². The standard InChI is InChI=1S/C10H15N3O4S/c1-7(10(14)15)12-18(16,17)8-4-5-9(11-6-8)13(2)3/h4-7,12H,1-3H3,(H,14,15). The van der Waals surface area contributed by atoms with Crippen molar-refractivity contribution in [1.29, 1.82) is 0 Å². The van der Waals surface area contributed by atoms with E-state index in [0.29, 0.717) is 5.82 Å². The summed E-state index contributed by atoms with van der Waals surface area (Å²) in [4.78, 5) is 16.2. The minimum Gasteiger partial charge on any atom is -0.480 e. The molecular formula is C10H15N3O4S. The molecule has 100 valence electrons. The topological polar surface area (TPSA) is 99.6 Å². The van der Waals surface area contributed by atoms with E-state index in [0.717, 1.165) is 0 Å². The quantitative estimate of drug-likeness (QED) is 0.777. The molecule has 0 radical (unpaired) electrons. The van der Waals surface area contributed by atoms with E-state index in [1.807, 2.05) is 4.72 Å². The van der Waals surface area contributed by atoms with Gasteiger partial charge >= 0.3 is 5.97 Å². The lowest BCUT2D eigenvalue weighted by Crippen LogP contribution is -2.38. The number of carboxylic acids is 1. The van der Waals surface area contributed by atoms with Gasteiger partial charge in [-0.1, -0.05) is 0 Å². The van der Waals surface area contributed by atoms with E-state index in [1.54, 1.807) is 25.1 Å². The summed E-state index contributed by atoms with van der Waals surface area (Å²) in [5.41, 5.74) is 0. The minimum absolute atomic E-state index is 0.0683.